The number of hydrogen-bond donors (Lipinski definition) is 0. The molecule has 1 unspecified atom stereocenters. The van der Waals surface area contributed by atoms with Gasteiger partial charge in [-0.2, -0.15) is 0 Å². The lowest BCUT2D eigenvalue weighted by Gasteiger charge is -2.18. The van der Waals surface area contributed by atoms with Gasteiger partial charge in [0.25, 0.3) is 0 Å². The van der Waals surface area contributed by atoms with Crippen LogP contribution in [0.2, 0.25) is 0 Å². The van der Waals surface area contributed by atoms with Crippen molar-refractivity contribution in [3.05, 3.63) is 48.6 Å². The summed E-state index contributed by atoms with van der Waals surface area (Å²) in [6.45, 7) is 6.47. The third-order valence-corrected chi connectivity index (χ3v) is 10.1. The van der Waals surface area contributed by atoms with Gasteiger partial charge in [0.2, 0.25) is 0 Å². The van der Waals surface area contributed by atoms with Crippen LogP contribution in [-0.2, 0) is 28.6 Å². The molecule has 1 atom stereocenters. The second-order valence-electron chi connectivity index (χ2n) is 15.6. The van der Waals surface area contributed by atoms with Gasteiger partial charge < -0.3 is 14.2 Å². The highest BCUT2D eigenvalue weighted by Crippen LogP contribution is 2.14. The van der Waals surface area contributed by atoms with Crippen LogP contribution in [-0.4, -0.2) is 37.2 Å². The first-order valence-corrected chi connectivity index (χ1v) is 23.6. The van der Waals surface area contributed by atoms with Gasteiger partial charge in [0, 0.05) is 19.3 Å². The fourth-order valence-corrected chi connectivity index (χ4v) is 6.51. The van der Waals surface area contributed by atoms with Crippen molar-refractivity contribution in [1.29, 1.82) is 0 Å². The summed E-state index contributed by atoms with van der Waals surface area (Å²) in [5.41, 5.74) is 0. The molecule has 0 aliphatic rings. The highest BCUT2D eigenvalue weighted by atomic mass is 16.6. The number of hydrogen-bond acceptors (Lipinski definition) is 6. The Kier molecular flexibility index (Phi) is 43.0. The number of esters is 3. The second-order valence-corrected chi connectivity index (χ2v) is 15.6. The summed E-state index contributed by atoms with van der Waals surface area (Å²) in [5.74, 6) is -0.925. The van der Waals surface area contributed by atoms with Gasteiger partial charge in [0.15, 0.2) is 6.10 Å². The Morgan fingerprint density at radius 2 is 0.696 bits per heavy atom. The fraction of sp³-hybridized carbons (Fsp3) is 0.780. The average Bonchev–Trinajstić information content (AvgIpc) is 3.19. The van der Waals surface area contributed by atoms with E-state index in [0.717, 1.165) is 89.9 Å². The molecule has 0 aromatic carbocycles. The fourth-order valence-electron chi connectivity index (χ4n) is 6.51. The third-order valence-electron chi connectivity index (χ3n) is 10.1. The van der Waals surface area contributed by atoms with Crippen LogP contribution in [0.1, 0.15) is 233 Å². The normalized spacial score (nSPS) is 12.4. The predicted molar refractivity (Wildman–Crippen MR) is 238 cm³/mol. The molecule has 0 aromatic heterocycles. The summed E-state index contributed by atoms with van der Waals surface area (Å²) in [6, 6.07) is 0. The summed E-state index contributed by atoms with van der Waals surface area (Å²) >= 11 is 0. The van der Waals surface area contributed by atoms with Crippen LogP contribution >= 0.6 is 0 Å². The average molecular weight is 785 g/mol. The Hall–Kier alpha value is -2.63. The zero-order chi connectivity index (χ0) is 40.8. The van der Waals surface area contributed by atoms with E-state index in [1.807, 2.05) is 0 Å². The SMILES string of the molecule is CC/C=C\C/C=C\C/C=C\CCCCCC(=O)OC(COC(=O)CCCCCCC/C=C\CCCCCCCC)COC(=O)CCCCCCCCCCCC. The molecule has 0 aliphatic heterocycles. The molecule has 56 heavy (non-hydrogen) atoms. The Balaban J connectivity index is 4.41. The van der Waals surface area contributed by atoms with Crippen LogP contribution in [0.3, 0.4) is 0 Å². The highest BCUT2D eigenvalue weighted by Gasteiger charge is 2.19. The van der Waals surface area contributed by atoms with Crippen molar-refractivity contribution in [3.8, 4) is 0 Å². The molecule has 0 aliphatic carbocycles. The molecule has 0 N–H and O–H groups in total. The lowest BCUT2D eigenvalue weighted by atomic mass is 10.1. The summed E-state index contributed by atoms with van der Waals surface area (Å²) in [5, 5.41) is 0. The molecule has 0 radical (unpaired) electrons. The van der Waals surface area contributed by atoms with Crippen LogP contribution in [0, 0.1) is 0 Å². The van der Waals surface area contributed by atoms with Crippen molar-refractivity contribution in [2.45, 2.75) is 239 Å². The summed E-state index contributed by atoms with van der Waals surface area (Å²) in [7, 11) is 0. The number of ether oxygens (including phenoxy) is 3. The van der Waals surface area contributed by atoms with Crippen LogP contribution < -0.4 is 0 Å². The van der Waals surface area contributed by atoms with Crippen LogP contribution in [0.4, 0.5) is 0 Å². The molecular weight excluding hydrogens is 697 g/mol. The van der Waals surface area contributed by atoms with Crippen LogP contribution in [0.5, 0.6) is 0 Å². The summed E-state index contributed by atoms with van der Waals surface area (Å²) in [4.78, 5) is 37.7. The Morgan fingerprint density at radius 1 is 0.375 bits per heavy atom. The van der Waals surface area contributed by atoms with Gasteiger partial charge in [-0.25, -0.2) is 0 Å². The van der Waals surface area contributed by atoms with Crippen molar-refractivity contribution in [2.24, 2.45) is 0 Å². The van der Waals surface area contributed by atoms with Gasteiger partial charge in [-0.3, -0.25) is 14.4 Å². The van der Waals surface area contributed by atoms with Crippen molar-refractivity contribution < 1.29 is 28.6 Å². The van der Waals surface area contributed by atoms with E-state index < -0.39 is 6.10 Å². The quantitative estimate of drug-likeness (QED) is 0.0265. The second kappa shape index (κ2) is 45.1. The molecule has 6 nitrogen and oxygen atoms in total. The Morgan fingerprint density at radius 3 is 1.12 bits per heavy atom. The third kappa shape index (κ3) is 42.5. The molecule has 324 valence electrons. The van der Waals surface area contributed by atoms with E-state index in [9.17, 15) is 14.4 Å². The molecule has 0 spiro atoms. The van der Waals surface area contributed by atoms with Gasteiger partial charge in [-0.15, -0.1) is 0 Å². The molecule has 0 saturated heterocycles. The monoisotopic (exact) mass is 785 g/mol. The lowest BCUT2D eigenvalue weighted by molar-refractivity contribution is -0.167. The van der Waals surface area contributed by atoms with Crippen molar-refractivity contribution in [1.82, 2.24) is 0 Å². The van der Waals surface area contributed by atoms with E-state index >= 15 is 0 Å². The maximum Gasteiger partial charge on any atom is 0.306 e. The number of rotatable bonds is 42. The van der Waals surface area contributed by atoms with Gasteiger partial charge in [0.1, 0.15) is 13.2 Å². The predicted octanol–water partition coefficient (Wildman–Crippen LogP) is 15.1. The smallest absolute Gasteiger partial charge is 0.306 e. The van der Waals surface area contributed by atoms with Crippen molar-refractivity contribution in [3.63, 3.8) is 0 Å². The van der Waals surface area contributed by atoms with Gasteiger partial charge in [-0.05, 0) is 77.0 Å². The minimum atomic E-state index is -0.786. The molecule has 0 saturated carbocycles. The molecule has 0 fully saturated rings. The molecule has 0 rings (SSSR count). The number of carbonyl (C=O) groups excluding carboxylic acids is 3. The first kappa shape index (κ1) is 53.4. The summed E-state index contributed by atoms with van der Waals surface area (Å²) < 4.78 is 16.7. The first-order chi connectivity index (χ1) is 27.5. The topological polar surface area (TPSA) is 78.9 Å². The number of allylic oxidation sites excluding steroid dienone is 8. The van der Waals surface area contributed by atoms with E-state index in [2.05, 4.69) is 69.4 Å². The maximum atomic E-state index is 12.7. The van der Waals surface area contributed by atoms with Crippen molar-refractivity contribution >= 4 is 17.9 Å². The molecule has 0 heterocycles. The minimum Gasteiger partial charge on any atom is -0.462 e. The van der Waals surface area contributed by atoms with Gasteiger partial charge in [-0.1, -0.05) is 185 Å². The standard InChI is InChI=1S/C50H88O6/c1-4-7-10-13-16-19-22-24-25-27-28-31-34-37-40-43-49(52)55-46-47(45-54-48(51)42-39-36-33-30-21-18-15-12-9-6-3)56-50(53)44-41-38-35-32-29-26-23-20-17-14-11-8-5-2/h8,11,17,20,24-26,29,47H,4-7,9-10,12-16,18-19,21-23,27-28,30-46H2,1-3H3/b11-8-,20-17-,25-24-,29-26-. The zero-order valence-corrected chi connectivity index (χ0v) is 36.9. The van der Waals surface area contributed by atoms with E-state index in [4.69, 9.17) is 14.2 Å². The largest absolute Gasteiger partial charge is 0.462 e. The molecule has 0 amide bonds. The van der Waals surface area contributed by atoms with E-state index in [0.29, 0.717) is 19.3 Å². The van der Waals surface area contributed by atoms with Crippen LogP contribution in [0.15, 0.2) is 48.6 Å². The Bertz CT molecular complexity index is 996. The van der Waals surface area contributed by atoms with E-state index in [1.165, 1.54) is 103 Å². The van der Waals surface area contributed by atoms with Gasteiger partial charge >= 0.3 is 17.9 Å². The first-order valence-electron chi connectivity index (χ1n) is 23.6. The lowest BCUT2D eigenvalue weighted by Crippen LogP contribution is -2.30. The zero-order valence-electron chi connectivity index (χ0n) is 36.9. The molecule has 0 aromatic rings. The summed E-state index contributed by atoms with van der Waals surface area (Å²) in [6.07, 6.45) is 52.4. The maximum absolute atomic E-state index is 12.7. The molecule has 0 bridgehead atoms. The minimum absolute atomic E-state index is 0.0862. The number of carbonyl (C=O) groups is 3. The van der Waals surface area contributed by atoms with Crippen LogP contribution in [0.25, 0.3) is 0 Å². The Labute approximate surface area is 346 Å². The van der Waals surface area contributed by atoms with Crippen molar-refractivity contribution in [2.75, 3.05) is 13.2 Å². The highest BCUT2D eigenvalue weighted by molar-refractivity contribution is 5.71. The molecular formula is C50H88O6. The van der Waals surface area contributed by atoms with E-state index in [-0.39, 0.29) is 31.1 Å². The molecule has 6 heteroatoms. The van der Waals surface area contributed by atoms with Gasteiger partial charge in [0.05, 0.1) is 0 Å². The number of unbranched alkanes of at least 4 members (excludes halogenated alkanes) is 23. The van der Waals surface area contributed by atoms with E-state index in [1.54, 1.807) is 0 Å².